The van der Waals surface area contributed by atoms with E-state index in [1.165, 1.54) is 24.2 Å². The summed E-state index contributed by atoms with van der Waals surface area (Å²) in [5.41, 5.74) is -5.30. The molecule has 0 aromatic carbocycles. The van der Waals surface area contributed by atoms with Crippen molar-refractivity contribution in [1.82, 2.24) is 10.2 Å². The minimum absolute atomic E-state index is 0.0359. The van der Waals surface area contributed by atoms with Gasteiger partial charge in [-0.1, -0.05) is 12.8 Å². The van der Waals surface area contributed by atoms with Crippen molar-refractivity contribution in [1.29, 1.82) is 0 Å². The third-order valence-electron chi connectivity index (χ3n) is 4.57. The van der Waals surface area contributed by atoms with Gasteiger partial charge in [-0.05, 0) is 32.6 Å². The van der Waals surface area contributed by atoms with Crippen molar-refractivity contribution in [3.05, 3.63) is 0 Å². The van der Waals surface area contributed by atoms with Crippen LogP contribution in [0.15, 0.2) is 0 Å². The Morgan fingerprint density at radius 3 is 1.81 bits per heavy atom. The molecule has 7 nitrogen and oxygen atoms in total. The van der Waals surface area contributed by atoms with Gasteiger partial charge in [0.25, 0.3) is 0 Å². The van der Waals surface area contributed by atoms with Crippen molar-refractivity contribution in [3.63, 3.8) is 0 Å². The highest BCUT2D eigenvalue weighted by atomic mass is 32.2. The monoisotopic (exact) mass is 490 g/mol. The van der Waals surface area contributed by atoms with Crippen LogP contribution < -0.4 is 5.32 Å². The molecule has 0 radical (unpaired) electrons. The summed E-state index contributed by atoms with van der Waals surface area (Å²) < 4.78 is 93.3. The molecule has 3 N–H and O–H groups in total. The molecule has 0 saturated heterocycles. The Balaban J connectivity index is 0.000000450. The van der Waals surface area contributed by atoms with Crippen LogP contribution >= 0.6 is 0 Å². The third-order valence-corrected chi connectivity index (χ3v) is 5.68. The van der Waals surface area contributed by atoms with Crippen molar-refractivity contribution in [3.8, 4) is 0 Å². The predicted molar refractivity (Wildman–Crippen MR) is 102 cm³/mol. The molecule has 14 heteroatoms. The van der Waals surface area contributed by atoms with E-state index >= 15 is 0 Å². The Morgan fingerprint density at radius 1 is 1.00 bits per heavy atom. The largest absolute Gasteiger partial charge is 0.523 e. The van der Waals surface area contributed by atoms with Gasteiger partial charge in [-0.3, -0.25) is 9.08 Å². The summed E-state index contributed by atoms with van der Waals surface area (Å²) >= 11 is 0. The number of alkyl halides is 6. The van der Waals surface area contributed by atoms with E-state index in [1.54, 1.807) is 0 Å². The van der Waals surface area contributed by atoms with Crippen LogP contribution in [0.5, 0.6) is 0 Å². The van der Waals surface area contributed by atoms with Crippen LogP contribution in [0.4, 0.5) is 26.3 Å². The number of halogens is 6. The Bertz CT molecular complexity index is 566. The summed E-state index contributed by atoms with van der Waals surface area (Å²) in [5, 5.41) is 20.2. The number of nitrogens with zero attached hydrogens (tertiary/aromatic N) is 1. The lowest BCUT2D eigenvalue weighted by molar-refractivity contribution is -0.155. The van der Waals surface area contributed by atoms with Gasteiger partial charge in [0.15, 0.2) is 0 Å². The van der Waals surface area contributed by atoms with Gasteiger partial charge in [0.05, 0.1) is 26.4 Å². The standard InChI is InChI=1S/C8H14F3NO.C6H13NO.C3H5F3O3S/c9-8(10,11)6-12(4-5-13)7-2-1-3-7;8-5-4-7-6-2-1-3-6;1-2-9-10(7,8)3(4,5)6/h7,13H,1-6H2;6-8H,1-5H2;2H2,1H3. The fourth-order valence-electron chi connectivity index (χ4n) is 2.60. The van der Waals surface area contributed by atoms with Gasteiger partial charge in [-0.25, -0.2) is 0 Å². The zero-order valence-corrected chi connectivity index (χ0v) is 18.2. The van der Waals surface area contributed by atoms with E-state index in [0.717, 1.165) is 38.8 Å². The number of aliphatic hydroxyl groups excluding tert-OH is 2. The van der Waals surface area contributed by atoms with Gasteiger partial charge in [0.2, 0.25) is 0 Å². The zero-order valence-electron chi connectivity index (χ0n) is 17.4. The molecular weight excluding hydrogens is 458 g/mol. The third kappa shape index (κ3) is 13.5. The Kier molecular flexibility index (Phi) is 14.2. The molecule has 0 unspecified atom stereocenters. The number of hydrogen-bond acceptors (Lipinski definition) is 7. The topological polar surface area (TPSA) is 99.1 Å². The average Bonchev–Trinajstić information content (AvgIpc) is 2.51. The van der Waals surface area contributed by atoms with Gasteiger partial charge in [-0.2, -0.15) is 34.8 Å². The van der Waals surface area contributed by atoms with E-state index in [2.05, 4.69) is 9.50 Å². The number of hydrogen-bond donors (Lipinski definition) is 3. The lowest BCUT2D eigenvalue weighted by Gasteiger charge is -2.37. The number of nitrogens with one attached hydrogen (secondary N) is 1. The van der Waals surface area contributed by atoms with E-state index < -0.39 is 35.0 Å². The minimum atomic E-state index is -5.35. The lowest BCUT2D eigenvalue weighted by atomic mass is 9.91. The second kappa shape index (κ2) is 14.5. The molecule has 0 bridgehead atoms. The van der Waals surface area contributed by atoms with E-state index in [0.29, 0.717) is 0 Å². The smallest absolute Gasteiger partial charge is 0.395 e. The van der Waals surface area contributed by atoms with Crippen LogP contribution in [-0.4, -0.2) is 86.8 Å². The molecular formula is C17H32F6N2O5S. The summed E-state index contributed by atoms with van der Waals surface area (Å²) in [4.78, 5) is 1.32. The quantitative estimate of drug-likeness (QED) is 0.259. The normalized spacial score (nSPS) is 17.7. The van der Waals surface area contributed by atoms with Crippen LogP contribution in [0.2, 0.25) is 0 Å². The Morgan fingerprint density at radius 2 is 1.55 bits per heavy atom. The number of aliphatic hydroxyl groups is 2. The molecule has 2 saturated carbocycles. The molecule has 0 atom stereocenters. The first-order valence-corrected chi connectivity index (χ1v) is 11.4. The molecule has 2 aliphatic rings. The summed E-state index contributed by atoms with van der Waals surface area (Å²) in [7, 11) is -5.35. The molecule has 31 heavy (non-hydrogen) atoms. The Labute approximate surface area is 178 Å². The maximum atomic E-state index is 12.0. The average molecular weight is 491 g/mol. The number of rotatable bonds is 9. The molecule has 188 valence electrons. The first kappa shape index (κ1) is 30.3. The van der Waals surface area contributed by atoms with Gasteiger partial charge in [0.1, 0.15) is 0 Å². The molecule has 2 rings (SSSR count). The van der Waals surface area contributed by atoms with Gasteiger partial charge in [-0.15, -0.1) is 0 Å². The van der Waals surface area contributed by atoms with Crippen LogP contribution in [0.3, 0.4) is 0 Å². The highest BCUT2D eigenvalue weighted by Gasteiger charge is 2.46. The molecule has 2 fully saturated rings. The summed E-state index contributed by atoms with van der Waals surface area (Å²) in [5.74, 6) is 0. The van der Waals surface area contributed by atoms with Crippen LogP contribution in [0.25, 0.3) is 0 Å². The molecule has 0 amide bonds. The second-order valence-electron chi connectivity index (χ2n) is 7.01. The SMILES string of the molecule is CCOS(=O)(=O)C(F)(F)F.OCCN(CC(F)(F)F)C1CCC1.OCCNC1CCC1. The van der Waals surface area contributed by atoms with Gasteiger partial charge in [0, 0.05) is 25.2 Å². The highest BCUT2D eigenvalue weighted by molar-refractivity contribution is 7.87. The van der Waals surface area contributed by atoms with Crippen molar-refractivity contribution >= 4 is 10.1 Å². The minimum Gasteiger partial charge on any atom is -0.395 e. The molecule has 0 aromatic rings. The first-order valence-electron chi connectivity index (χ1n) is 9.99. The fourth-order valence-corrected chi connectivity index (χ4v) is 3.05. The van der Waals surface area contributed by atoms with E-state index in [-0.39, 0.29) is 25.8 Å². The van der Waals surface area contributed by atoms with E-state index in [4.69, 9.17) is 10.2 Å². The van der Waals surface area contributed by atoms with E-state index in [9.17, 15) is 34.8 Å². The predicted octanol–water partition coefficient (Wildman–Crippen LogP) is 2.39. The summed E-state index contributed by atoms with van der Waals surface area (Å²) in [6.07, 6.45) is 2.49. The zero-order chi connectivity index (χ0) is 24.1. The van der Waals surface area contributed by atoms with Crippen LogP contribution in [0.1, 0.15) is 45.4 Å². The first-order chi connectivity index (χ1) is 14.3. The molecule has 0 aromatic heterocycles. The fraction of sp³-hybridized carbons (Fsp3) is 1.00. The van der Waals surface area contributed by atoms with Crippen molar-refractivity contribution in [2.75, 3.05) is 39.5 Å². The maximum absolute atomic E-state index is 12.0. The van der Waals surface area contributed by atoms with Crippen LogP contribution in [-0.2, 0) is 14.3 Å². The molecule has 2 aliphatic carbocycles. The van der Waals surface area contributed by atoms with Gasteiger partial charge >= 0.3 is 21.8 Å². The van der Waals surface area contributed by atoms with Crippen molar-refractivity contribution < 1.29 is 49.2 Å². The molecule has 0 aliphatic heterocycles. The van der Waals surface area contributed by atoms with Crippen molar-refractivity contribution in [2.45, 2.75) is 69.2 Å². The summed E-state index contributed by atoms with van der Waals surface area (Å²) in [6.45, 7) is 0.723. The highest BCUT2D eigenvalue weighted by Crippen LogP contribution is 2.27. The lowest BCUT2D eigenvalue weighted by Crippen LogP contribution is -2.46. The van der Waals surface area contributed by atoms with E-state index in [1.807, 2.05) is 0 Å². The maximum Gasteiger partial charge on any atom is 0.523 e. The van der Waals surface area contributed by atoms with Crippen LogP contribution in [0, 0.1) is 0 Å². The second-order valence-corrected chi connectivity index (χ2v) is 8.61. The Hall–Kier alpha value is -0.670. The van der Waals surface area contributed by atoms with Gasteiger partial charge < -0.3 is 15.5 Å². The summed E-state index contributed by atoms with van der Waals surface area (Å²) in [6, 6.07) is 0.760. The molecule has 0 spiro atoms. The van der Waals surface area contributed by atoms with Crippen molar-refractivity contribution in [2.24, 2.45) is 0 Å². The molecule has 0 heterocycles.